The predicted octanol–water partition coefficient (Wildman–Crippen LogP) is 3.92. The molecule has 2 aromatic carbocycles. The molecular weight excluding hydrogens is 414 g/mol. The molecule has 0 aliphatic heterocycles. The van der Waals surface area contributed by atoms with Crippen LogP contribution in [0.15, 0.2) is 47.5 Å². The zero-order valence-electron chi connectivity index (χ0n) is 18.2. The fourth-order valence-corrected chi connectivity index (χ4v) is 3.81. The van der Waals surface area contributed by atoms with Crippen LogP contribution in [0.3, 0.4) is 0 Å². The fraction of sp³-hybridized carbons (Fsp3) is 0.304. The third-order valence-electron chi connectivity index (χ3n) is 4.64. The summed E-state index contributed by atoms with van der Waals surface area (Å²) in [5, 5.41) is 3.59. The van der Waals surface area contributed by atoms with Gasteiger partial charge in [-0.3, -0.25) is 4.79 Å². The number of nitrogens with zero attached hydrogens (tertiary/aromatic N) is 1. The van der Waals surface area contributed by atoms with E-state index in [2.05, 4.69) is 22.4 Å². The first kappa shape index (κ1) is 22.7. The molecule has 3 rings (SSSR count). The maximum absolute atomic E-state index is 12.2. The topological polar surface area (TPSA) is 85.5 Å². The number of benzene rings is 2. The van der Waals surface area contributed by atoms with E-state index in [1.165, 1.54) is 17.3 Å². The Balaban J connectivity index is 1.90. The van der Waals surface area contributed by atoms with Crippen molar-refractivity contribution >= 4 is 17.7 Å². The minimum Gasteiger partial charge on any atom is -0.493 e. The van der Waals surface area contributed by atoms with E-state index in [0.29, 0.717) is 30.5 Å². The summed E-state index contributed by atoms with van der Waals surface area (Å²) in [5.41, 5.74) is 3.92. The number of hydrogen-bond acceptors (Lipinski definition) is 6. The van der Waals surface area contributed by atoms with Gasteiger partial charge in [-0.1, -0.05) is 41.6 Å². The molecule has 0 atom stereocenters. The van der Waals surface area contributed by atoms with E-state index in [1.807, 2.05) is 37.3 Å². The number of H-pyrrole nitrogens is 1. The summed E-state index contributed by atoms with van der Waals surface area (Å²) in [7, 11) is 4.81. The van der Waals surface area contributed by atoms with E-state index < -0.39 is 0 Å². The van der Waals surface area contributed by atoms with Gasteiger partial charge in [-0.15, -0.1) is 0 Å². The molecule has 8 heteroatoms. The molecule has 0 bridgehead atoms. The molecule has 1 aromatic heterocycles. The number of hydrogen-bond donors (Lipinski definition) is 2. The van der Waals surface area contributed by atoms with Crippen LogP contribution in [0.4, 0.5) is 0 Å². The molecule has 7 nitrogen and oxygen atoms in total. The second-order valence-corrected chi connectivity index (χ2v) is 7.80. The van der Waals surface area contributed by atoms with Gasteiger partial charge in [-0.25, -0.2) is 4.98 Å². The highest BCUT2D eigenvalue weighted by Gasteiger charge is 2.17. The number of amides is 1. The van der Waals surface area contributed by atoms with Gasteiger partial charge in [0.15, 0.2) is 11.5 Å². The van der Waals surface area contributed by atoms with Crippen LogP contribution in [0.2, 0.25) is 0 Å². The maximum Gasteiger partial charge on any atom is 0.230 e. The molecule has 2 N–H and O–H groups in total. The SMILES string of the molecule is COCCNC(=O)CSc1nc(-c2ccc(OC)c(OC)c2)[nH]c1-c1ccc(C)cc1. The van der Waals surface area contributed by atoms with E-state index in [4.69, 9.17) is 19.2 Å². The van der Waals surface area contributed by atoms with Crippen molar-refractivity contribution in [3.8, 4) is 34.1 Å². The number of nitrogens with one attached hydrogen (secondary N) is 2. The molecule has 31 heavy (non-hydrogen) atoms. The molecule has 1 amide bonds. The van der Waals surface area contributed by atoms with Crippen molar-refractivity contribution in [1.29, 1.82) is 0 Å². The van der Waals surface area contributed by atoms with Crippen molar-refractivity contribution in [3.05, 3.63) is 48.0 Å². The van der Waals surface area contributed by atoms with Crippen LogP contribution < -0.4 is 14.8 Å². The number of aromatic amines is 1. The van der Waals surface area contributed by atoms with Gasteiger partial charge in [0, 0.05) is 24.8 Å². The van der Waals surface area contributed by atoms with Crippen molar-refractivity contribution in [2.45, 2.75) is 11.9 Å². The molecule has 0 aliphatic carbocycles. The van der Waals surface area contributed by atoms with Gasteiger partial charge >= 0.3 is 0 Å². The molecule has 0 saturated heterocycles. The van der Waals surface area contributed by atoms with Gasteiger partial charge in [0.2, 0.25) is 5.91 Å². The first-order valence-electron chi connectivity index (χ1n) is 9.83. The number of ether oxygens (including phenoxy) is 3. The maximum atomic E-state index is 12.2. The smallest absolute Gasteiger partial charge is 0.230 e. The van der Waals surface area contributed by atoms with Crippen LogP contribution in [0.5, 0.6) is 11.5 Å². The lowest BCUT2D eigenvalue weighted by molar-refractivity contribution is -0.118. The summed E-state index contributed by atoms with van der Waals surface area (Å²) < 4.78 is 15.7. The number of carbonyl (C=O) groups excluding carboxylic acids is 1. The third kappa shape index (κ3) is 5.80. The zero-order chi connectivity index (χ0) is 22.2. The van der Waals surface area contributed by atoms with Gasteiger partial charge in [-0.05, 0) is 25.1 Å². The Morgan fingerprint density at radius 2 is 1.74 bits per heavy atom. The lowest BCUT2D eigenvalue weighted by atomic mass is 10.1. The molecule has 0 aliphatic rings. The number of thioether (sulfide) groups is 1. The predicted molar refractivity (Wildman–Crippen MR) is 123 cm³/mol. The highest BCUT2D eigenvalue weighted by molar-refractivity contribution is 8.00. The highest BCUT2D eigenvalue weighted by atomic mass is 32.2. The quantitative estimate of drug-likeness (QED) is 0.366. The monoisotopic (exact) mass is 441 g/mol. The van der Waals surface area contributed by atoms with Gasteiger partial charge in [0.05, 0.1) is 32.3 Å². The molecule has 164 valence electrons. The molecule has 1 heterocycles. The van der Waals surface area contributed by atoms with Crippen molar-refractivity contribution in [2.75, 3.05) is 40.2 Å². The largest absolute Gasteiger partial charge is 0.493 e. The molecule has 0 spiro atoms. The van der Waals surface area contributed by atoms with Crippen molar-refractivity contribution < 1.29 is 19.0 Å². The van der Waals surface area contributed by atoms with Gasteiger partial charge in [0.25, 0.3) is 0 Å². The van der Waals surface area contributed by atoms with E-state index >= 15 is 0 Å². The van der Waals surface area contributed by atoms with Gasteiger partial charge in [-0.2, -0.15) is 0 Å². The second-order valence-electron chi connectivity index (χ2n) is 6.83. The summed E-state index contributed by atoms with van der Waals surface area (Å²) in [4.78, 5) is 20.4. The van der Waals surface area contributed by atoms with Crippen molar-refractivity contribution in [1.82, 2.24) is 15.3 Å². The summed E-state index contributed by atoms with van der Waals surface area (Å²) >= 11 is 1.39. The molecule has 0 unspecified atom stereocenters. The molecule has 0 saturated carbocycles. The Morgan fingerprint density at radius 1 is 1.03 bits per heavy atom. The van der Waals surface area contributed by atoms with Gasteiger partial charge < -0.3 is 24.5 Å². The molecular formula is C23H27N3O4S. The number of aryl methyl sites for hydroxylation is 1. The first-order chi connectivity index (χ1) is 15.0. The lowest BCUT2D eigenvalue weighted by Gasteiger charge is -2.08. The summed E-state index contributed by atoms with van der Waals surface area (Å²) in [6.45, 7) is 3.01. The third-order valence-corrected chi connectivity index (χ3v) is 5.61. The molecule has 0 fully saturated rings. The number of aromatic nitrogens is 2. The van der Waals surface area contributed by atoms with Crippen LogP contribution >= 0.6 is 11.8 Å². The molecule has 0 radical (unpaired) electrons. The van der Waals surface area contributed by atoms with Crippen LogP contribution in [0.1, 0.15) is 5.56 Å². The average molecular weight is 442 g/mol. The molecule has 3 aromatic rings. The summed E-state index contributed by atoms with van der Waals surface area (Å²) in [5.74, 6) is 2.17. The standard InChI is InChI=1S/C23H27N3O4S/c1-15-5-7-16(8-6-15)21-23(31-14-20(27)24-11-12-28-2)26-22(25-21)17-9-10-18(29-3)19(13-17)30-4/h5-10,13H,11-12,14H2,1-4H3,(H,24,27)(H,25,26). The van der Waals surface area contributed by atoms with Crippen LogP contribution in [-0.2, 0) is 9.53 Å². The number of rotatable bonds is 10. The van der Waals surface area contributed by atoms with Crippen LogP contribution in [-0.4, -0.2) is 56.1 Å². The van der Waals surface area contributed by atoms with E-state index in [9.17, 15) is 4.79 Å². The minimum atomic E-state index is -0.0624. The number of imidazole rings is 1. The highest BCUT2D eigenvalue weighted by Crippen LogP contribution is 2.35. The van der Waals surface area contributed by atoms with Crippen molar-refractivity contribution in [2.24, 2.45) is 0 Å². The van der Waals surface area contributed by atoms with E-state index in [0.717, 1.165) is 21.8 Å². The van der Waals surface area contributed by atoms with Crippen molar-refractivity contribution in [3.63, 3.8) is 0 Å². The van der Waals surface area contributed by atoms with Crippen LogP contribution in [0.25, 0.3) is 22.6 Å². The Morgan fingerprint density at radius 3 is 2.42 bits per heavy atom. The first-order valence-corrected chi connectivity index (χ1v) is 10.8. The lowest BCUT2D eigenvalue weighted by Crippen LogP contribution is -2.28. The number of methoxy groups -OCH3 is 3. The van der Waals surface area contributed by atoms with Crippen LogP contribution in [0, 0.1) is 6.92 Å². The summed E-state index contributed by atoms with van der Waals surface area (Å²) in [6.07, 6.45) is 0. The Hall–Kier alpha value is -2.97. The Kier molecular flexibility index (Phi) is 7.97. The van der Waals surface area contributed by atoms with E-state index in [-0.39, 0.29) is 11.7 Å². The minimum absolute atomic E-state index is 0.0624. The zero-order valence-corrected chi connectivity index (χ0v) is 19.0. The summed E-state index contributed by atoms with van der Waals surface area (Å²) in [6, 6.07) is 13.8. The number of carbonyl (C=O) groups is 1. The average Bonchev–Trinajstić information content (AvgIpc) is 3.22. The van der Waals surface area contributed by atoms with E-state index in [1.54, 1.807) is 21.3 Å². The Labute approximate surface area is 186 Å². The van der Waals surface area contributed by atoms with Gasteiger partial charge in [0.1, 0.15) is 10.9 Å². The fourth-order valence-electron chi connectivity index (χ4n) is 2.98. The Bertz CT molecular complexity index is 1020. The second kappa shape index (κ2) is 10.9. The normalized spacial score (nSPS) is 10.7.